The lowest BCUT2D eigenvalue weighted by Crippen LogP contribution is -2.59. The van der Waals surface area contributed by atoms with Crippen LogP contribution >= 0.6 is 0 Å². The van der Waals surface area contributed by atoms with Gasteiger partial charge >= 0.3 is 0 Å². The van der Waals surface area contributed by atoms with Crippen molar-refractivity contribution in [3.05, 3.63) is 29.8 Å². The van der Waals surface area contributed by atoms with E-state index in [1.54, 1.807) is 12.0 Å². The smallest absolute Gasteiger partial charge is 0.241 e. The SMILES string of the molecule is COc1ccccc1CC(=O)N1CCN(C)C[C@@H]1C(N)=O. The Hall–Kier alpha value is -2.08. The van der Waals surface area contributed by atoms with Crippen molar-refractivity contribution in [3.63, 3.8) is 0 Å². The van der Waals surface area contributed by atoms with Crippen molar-refractivity contribution >= 4 is 11.8 Å². The largest absolute Gasteiger partial charge is 0.496 e. The van der Waals surface area contributed by atoms with Crippen LogP contribution in [0.15, 0.2) is 24.3 Å². The predicted octanol–water partition coefficient (Wildman–Crippen LogP) is -0.134. The lowest BCUT2D eigenvalue weighted by atomic mass is 10.1. The maximum atomic E-state index is 12.5. The van der Waals surface area contributed by atoms with Gasteiger partial charge in [0.1, 0.15) is 11.8 Å². The second-order valence-corrected chi connectivity index (χ2v) is 5.26. The first-order valence-electron chi connectivity index (χ1n) is 6.92. The van der Waals surface area contributed by atoms with E-state index in [4.69, 9.17) is 10.5 Å². The average molecular weight is 291 g/mol. The van der Waals surface area contributed by atoms with Crippen LogP contribution in [-0.2, 0) is 16.0 Å². The van der Waals surface area contributed by atoms with Crippen LogP contribution in [0.4, 0.5) is 0 Å². The predicted molar refractivity (Wildman–Crippen MR) is 78.9 cm³/mol. The highest BCUT2D eigenvalue weighted by Gasteiger charge is 2.32. The van der Waals surface area contributed by atoms with Crippen molar-refractivity contribution in [2.75, 3.05) is 33.8 Å². The molecule has 1 heterocycles. The van der Waals surface area contributed by atoms with E-state index < -0.39 is 11.9 Å². The molecule has 0 spiro atoms. The van der Waals surface area contributed by atoms with Gasteiger partial charge in [-0.25, -0.2) is 0 Å². The monoisotopic (exact) mass is 291 g/mol. The van der Waals surface area contributed by atoms with Crippen LogP contribution in [0.25, 0.3) is 0 Å². The zero-order valence-corrected chi connectivity index (χ0v) is 12.4. The molecule has 114 valence electrons. The van der Waals surface area contributed by atoms with E-state index in [1.165, 1.54) is 0 Å². The Kier molecular flexibility index (Phi) is 4.80. The van der Waals surface area contributed by atoms with Crippen LogP contribution in [0, 0.1) is 0 Å². The van der Waals surface area contributed by atoms with E-state index in [0.29, 0.717) is 18.8 Å². The molecule has 0 saturated carbocycles. The van der Waals surface area contributed by atoms with E-state index in [2.05, 4.69) is 0 Å². The maximum Gasteiger partial charge on any atom is 0.241 e. The summed E-state index contributed by atoms with van der Waals surface area (Å²) in [4.78, 5) is 27.6. The summed E-state index contributed by atoms with van der Waals surface area (Å²) in [5, 5.41) is 0. The van der Waals surface area contributed by atoms with Gasteiger partial charge in [0.15, 0.2) is 0 Å². The number of carbonyl (C=O) groups is 2. The Balaban J connectivity index is 2.13. The van der Waals surface area contributed by atoms with Gasteiger partial charge in [-0.15, -0.1) is 0 Å². The second-order valence-electron chi connectivity index (χ2n) is 5.26. The van der Waals surface area contributed by atoms with Crippen molar-refractivity contribution in [2.45, 2.75) is 12.5 Å². The van der Waals surface area contributed by atoms with Gasteiger partial charge < -0.3 is 20.3 Å². The minimum absolute atomic E-state index is 0.101. The zero-order valence-electron chi connectivity index (χ0n) is 12.4. The second kappa shape index (κ2) is 6.58. The highest BCUT2D eigenvalue weighted by atomic mass is 16.5. The number of methoxy groups -OCH3 is 1. The molecule has 1 saturated heterocycles. The Labute approximate surface area is 124 Å². The molecule has 2 N–H and O–H groups in total. The fourth-order valence-electron chi connectivity index (χ4n) is 2.57. The summed E-state index contributed by atoms with van der Waals surface area (Å²) in [6.07, 6.45) is 0.206. The summed E-state index contributed by atoms with van der Waals surface area (Å²) < 4.78 is 5.25. The molecule has 0 aromatic heterocycles. The topological polar surface area (TPSA) is 75.9 Å². The van der Waals surface area contributed by atoms with E-state index in [0.717, 1.165) is 12.1 Å². The maximum absolute atomic E-state index is 12.5. The summed E-state index contributed by atoms with van der Waals surface area (Å²) in [5.41, 5.74) is 6.24. The fourth-order valence-corrected chi connectivity index (χ4v) is 2.57. The quantitative estimate of drug-likeness (QED) is 0.838. The van der Waals surface area contributed by atoms with E-state index in [9.17, 15) is 9.59 Å². The van der Waals surface area contributed by atoms with Crippen LogP contribution in [-0.4, -0.2) is 61.4 Å². The number of piperazine rings is 1. The third-order valence-corrected chi connectivity index (χ3v) is 3.77. The number of nitrogens with zero attached hydrogens (tertiary/aromatic N) is 2. The molecule has 1 aromatic rings. The van der Waals surface area contributed by atoms with Gasteiger partial charge in [0.05, 0.1) is 13.5 Å². The first kappa shape index (κ1) is 15.3. The lowest BCUT2D eigenvalue weighted by molar-refractivity contribution is -0.141. The van der Waals surface area contributed by atoms with Gasteiger partial charge in [-0.3, -0.25) is 9.59 Å². The van der Waals surface area contributed by atoms with Crippen molar-refractivity contribution in [3.8, 4) is 5.75 Å². The summed E-state index contributed by atoms with van der Waals surface area (Å²) >= 11 is 0. The van der Waals surface area contributed by atoms with E-state index in [1.807, 2.05) is 36.2 Å². The summed E-state index contributed by atoms with van der Waals surface area (Å²) in [6, 6.07) is 6.82. The number of amides is 2. The molecule has 1 aliphatic rings. The molecule has 21 heavy (non-hydrogen) atoms. The number of benzene rings is 1. The Morgan fingerprint density at radius 2 is 2.05 bits per heavy atom. The molecular weight excluding hydrogens is 270 g/mol. The molecule has 6 heteroatoms. The number of hydrogen-bond donors (Lipinski definition) is 1. The molecule has 0 unspecified atom stereocenters. The third-order valence-electron chi connectivity index (χ3n) is 3.77. The van der Waals surface area contributed by atoms with Crippen LogP contribution in [0.5, 0.6) is 5.75 Å². The summed E-state index contributed by atoms with van der Waals surface area (Å²) in [5.74, 6) is 0.113. The number of carbonyl (C=O) groups excluding carboxylic acids is 2. The van der Waals surface area contributed by atoms with Crippen LogP contribution in [0.1, 0.15) is 5.56 Å². The fraction of sp³-hybridized carbons (Fsp3) is 0.467. The number of nitrogens with two attached hydrogens (primary N) is 1. The van der Waals surface area contributed by atoms with E-state index in [-0.39, 0.29) is 12.3 Å². The summed E-state index contributed by atoms with van der Waals surface area (Å²) in [6.45, 7) is 1.73. The average Bonchev–Trinajstić information content (AvgIpc) is 2.47. The number of primary amides is 1. The molecule has 1 fully saturated rings. The van der Waals surface area contributed by atoms with Gasteiger partial charge in [0.2, 0.25) is 11.8 Å². The van der Waals surface area contributed by atoms with Gasteiger partial charge in [-0.2, -0.15) is 0 Å². The number of ether oxygens (including phenoxy) is 1. The number of likely N-dealkylation sites (N-methyl/N-ethyl adjacent to an activating group) is 1. The lowest BCUT2D eigenvalue weighted by Gasteiger charge is -2.38. The standard InChI is InChI=1S/C15H21N3O3/c1-17-7-8-18(12(10-17)15(16)20)14(19)9-11-5-3-4-6-13(11)21-2/h3-6,12H,7-10H2,1-2H3,(H2,16,20)/t12-/m1/s1. The van der Waals surface area contributed by atoms with Crippen LogP contribution in [0.3, 0.4) is 0 Å². The molecule has 0 aliphatic carbocycles. The van der Waals surface area contributed by atoms with Crippen molar-refractivity contribution in [1.82, 2.24) is 9.80 Å². The Morgan fingerprint density at radius 1 is 1.33 bits per heavy atom. The third kappa shape index (κ3) is 3.52. The first-order valence-corrected chi connectivity index (χ1v) is 6.92. The molecule has 1 aliphatic heterocycles. The minimum atomic E-state index is -0.564. The van der Waals surface area contributed by atoms with Gasteiger partial charge in [0, 0.05) is 25.2 Å². The molecule has 2 rings (SSSR count). The molecule has 1 atom stereocenters. The highest BCUT2D eigenvalue weighted by molar-refractivity contribution is 5.88. The minimum Gasteiger partial charge on any atom is -0.496 e. The highest BCUT2D eigenvalue weighted by Crippen LogP contribution is 2.19. The summed E-state index contributed by atoms with van der Waals surface area (Å²) in [7, 11) is 3.49. The first-order chi connectivity index (χ1) is 10.0. The number of hydrogen-bond acceptors (Lipinski definition) is 4. The Bertz CT molecular complexity index is 533. The van der Waals surface area contributed by atoms with E-state index >= 15 is 0 Å². The van der Waals surface area contributed by atoms with Gasteiger partial charge in [-0.1, -0.05) is 18.2 Å². The van der Waals surface area contributed by atoms with Crippen molar-refractivity contribution in [2.24, 2.45) is 5.73 Å². The molecule has 2 amide bonds. The normalized spacial score (nSPS) is 19.3. The van der Waals surface area contributed by atoms with Crippen LogP contribution in [0.2, 0.25) is 0 Å². The zero-order chi connectivity index (χ0) is 15.4. The van der Waals surface area contributed by atoms with Crippen LogP contribution < -0.4 is 10.5 Å². The Morgan fingerprint density at radius 3 is 2.71 bits per heavy atom. The molecule has 6 nitrogen and oxygen atoms in total. The van der Waals surface area contributed by atoms with Gasteiger partial charge in [-0.05, 0) is 13.1 Å². The van der Waals surface area contributed by atoms with Crippen molar-refractivity contribution in [1.29, 1.82) is 0 Å². The van der Waals surface area contributed by atoms with Gasteiger partial charge in [0.25, 0.3) is 0 Å². The molecule has 0 radical (unpaired) electrons. The number of para-hydroxylation sites is 1. The molecule has 0 bridgehead atoms. The number of rotatable bonds is 4. The van der Waals surface area contributed by atoms with Crippen molar-refractivity contribution < 1.29 is 14.3 Å². The molecular formula is C15H21N3O3. The molecule has 1 aromatic carbocycles.